The molecule has 6 nitrogen and oxygen atoms in total. The highest BCUT2D eigenvalue weighted by atomic mass is 16.5. The summed E-state index contributed by atoms with van der Waals surface area (Å²) in [4.78, 5) is 9.57. The van der Waals surface area contributed by atoms with Gasteiger partial charge in [-0.25, -0.2) is 9.98 Å². The van der Waals surface area contributed by atoms with Crippen LogP contribution in [0.5, 0.6) is 11.5 Å². The molecule has 0 aliphatic carbocycles. The summed E-state index contributed by atoms with van der Waals surface area (Å²) in [6.45, 7) is 10.7. The molecule has 3 aromatic carbocycles. The molecule has 0 saturated carbocycles. The van der Waals surface area contributed by atoms with Gasteiger partial charge in [0.15, 0.2) is 0 Å². The van der Waals surface area contributed by atoms with Crippen molar-refractivity contribution in [3.63, 3.8) is 0 Å². The predicted octanol–water partition coefficient (Wildman–Crippen LogP) is 6.45. The second-order valence-electron chi connectivity index (χ2n) is 10.5. The Morgan fingerprint density at radius 1 is 0.632 bits per heavy atom. The van der Waals surface area contributed by atoms with Crippen LogP contribution in [-0.4, -0.2) is 37.1 Å². The molecule has 0 amide bonds. The van der Waals surface area contributed by atoms with E-state index in [4.69, 9.17) is 28.9 Å². The number of ether oxygens (including phenoxy) is 4. The van der Waals surface area contributed by atoms with E-state index in [2.05, 4.69) is 39.8 Å². The van der Waals surface area contributed by atoms with Crippen LogP contribution in [0, 0.1) is 11.8 Å². The third-order valence-electron chi connectivity index (χ3n) is 7.01. The van der Waals surface area contributed by atoms with Crippen molar-refractivity contribution in [2.24, 2.45) is 21.8 Å². The van der Waals surface area contributed by atoms with Gasteiger partial charge in [0.25, 0.3) is 0 Å². The Bertz CT molecular complexity index is 1210. The van der Waals surface area contributed by atoms with E-state index in [1.807, 2.05) is 60.7 Å². The lowest BCUT2D eigenvalue weighted by Gasteiger charge is -2.15. The van der Waals surface area contributed by atoms with Gasteiger partial charge in [-0.3, -0.25) is 0 Å². The average molecular weight is 513 g/mol. The molecule has 5 rings (SSSR count). The van der Waals surface area contributed by atoms with E-state index in [1.165, 1.54) is 0 Å². The summed E-state index contributed by atoms with van der Waals surface area (Å²) in [5.41, 5.74) is 3.89. The number of para-hydroxylation sites is 2. The molecule has 0 radical (unpaired) electrons. The second kappa shape index (κ2) is 11.7. The van der Waals surface area contributed by atoms with Gasteiger partial charge in [0.2, 0.25) is 11.8 Å². The fraction of sp³-hybridized carbons (Fsp3) is 0.375. The monoisotopic (exact) mass is 512 g/mol. The Hall–Kier alpha value is -3.80. The van der Waals surface area contributed by atoms with Gasteiger partial charge >= 0.3 is 0 Å². The highest BCUT2D eigenvalue weighted by Crippen LogP contribution is 2.28. The molecule has 2 heterocycles. The van der Waals surface area contributed by atoms with Gasteiger partial charge in [0.1, 0.15) is 37.9 Å². The first-order chi connectivity index (χ1) is 18.5. The topological polar surface area (TPSA) is 61.6 Å². The molecule has 0 fully saturated rings. The minimum absolute atomic E-state index is 0.177. The first-order valence-corrected chi connectivity index (χ1v) is 13.4. The standard InChI is InChI=1S/C32H36N2O4/c1-21(2)27-19-37-31(33-27)25-13-7-9-15-29(25)35-17-23-11-5-6-12-24(23)18-36-30-16-10-8-14-26(30)32-34-28(20-38-32)22(3)4/h5-16,21-22,27-28H,17-20H2,1-4H3/t27-,28-/m1/s1. The molecule has 0 saturated heterocycles. The van der Waals surface area contributed by atoms with Crippen molar-refractivity contribution >= 4 is 11.8 Å². The maximum absolute atomic E-state index is 6.31. The van der Waals surface area contributed by atoms with Crippen LogP contribution >= 0.6 is 0 Å². The third kappa shape index (κ3) is 5.85. The minimum atomic E-state index is 0.177. The van der Waals surface area contributed by atoms with Crippen molar-refractivity contribution < 1.29 is 18.9 Å². The number of aliphatic imine (C=N–C) groups is 2. The Kier molecular flexibility index (Phi) is 7.97. The van der Waals surface area contributed by atoms with E-state index in [0.717, 1.165) is 33.8 Å². The molecular weight excluding hydrogens is 476 g/mol. The van der Waals surface area contributed by atoms with Crippen molar-refractivity contribution in [1.29, 1.82) is 0 Å². The summed E-state index contributed by atoms with van der Waals surface area (Å²) in [5.74, 6) is 3.69. The Morgan fingerprint density at radius 3 is 1.42 bits per heavy atom. The molecule has 0 bridgehead atoms. The zero-order valence-electron chi connectivity index (χ0n) is 22.6. The van der Waals surface area contributed by atoms with E-state index >= 15 is 0 Å². The van der Waals surface area contributed by atoms with Crippen LogP contribution in [0.15, 0.2) is 82.8 Å². The fourth-order valence-electron chi connectivity index (χ4n) is 4.45. The van der Waals surface area contributed by atoms with Crippen LogP contribution in [0.2, 0.25) is 0 Å². The van der Waals surface area contributed by atoms with Gasteiger partial charge < -0.3 is 18.9 Å². The molecule has 3 aromatic rings. The quantitative estimate of drug-likeness (QED) is 0.313. The molecule has 2 atom stereocenters. The summed E-state index contributed by atoms with van der Waals surface area (Å²) >= 11 is 0. The average Bonchev–Trinajstić information content (AvgIpc) is 3.63. The van der Waals surface area contributed by atoms with Gasteiger partial charge in [0.05, 0.1) is 23.2 Å². The van der Waals surface area contributed by atoms with Crippen molar-refractivity contribution in [3.05, 3.63) is 95.1 Å². The smallest absolute Gasteiger partial charge is 0.220 e. The van der Waals surface area contributed by atoms with Crippen LogP contribution in [0.3, 0.4) is 0 Å². The van der Waals surface area contributed by atoms with Gasteiger partial charge in [-0.1, -0.05) is 76.2 Å². The Balaban J connectivity index is 1.29. The molecule has 2 aliphatic heterocycles. The maximum atomic E-state index is 6.31. The highest BCUT2D eigenvalue weighted by molar-refractivity contribution is 5.98. The summed E-state index contributed by atoms with van der Waals surface area (Å²) in [6, 6.07) is 24.4. The zero-order chi connectivity index (χ0) is 26.5. The molecule has 2 aliphatic rings. The number of benzene rings is 3. The maximum Gasteiger partial charge on any atom is 0.220 e. The first kappa shape index (κ1) is 25.8. The molecular formula is C32H36N2O4. The lowest BCUT2D eigenvalue weighted by molar-refractivity contribution is 0.277. The fourth-order valence-corrected chi connectivity index (χ4v) is 4.45. The largest absolute Gasteiger partial charge is 0.488 e. The Morgan fingerprint density at radius 2 is 1.03 bits per heavy atom. The van der Waals surface area contributed by atoms with E-state index in [-0.39, 0.29) is 12.1 Å². The molecule has 6 heteroatoms. The summed E-state index contributed by atoms with van der Waals surface area (Å²) < 4.78 is 24.5. The third-order valence-corrected chi connectivity index (χ3v) is 7.01. The van der Waals surface area contributed by atoms with Crippen LogP contribution < -0.4 is 9.47 Å². The van der Waals surface area contributed by atoms with E-state index in [9.17, 15) is 0 Å². The number of nitrogens with zero attached hydrogens (tertiary/aromatic N) is 2. The van der Waals surface area contributed by atoms with Crippen molar-refractivity contribution in [2.75, 3.05) is 13.2 Å². The Labute approximate surface area is 225 Å². The van der Waals surface area contributed by atoms with Gasteiger partial charge in [-0.05, 0) is 47.2 Å². The van der Waals surface area contributed by atoms with Crippen LogP contribution in [-0.2, 0) is 22.7 Å². The molecule has 0 spiro atoms. The van der Waals surface area contributed by atoms with Crippen LogP contribution in [0.25, 0.3) is 0 Å². The van der Waals surface area contributed by atoms with E-state index < -0.39 is 0 Å². The van der Waals surface area contributed by atoms with E-state index in [1.54, 1.807) is 0 Å². The molecule has 0 N–H and O–H groups in total. The predicted molar refractivity (Wildman–Crippen MR) is 150 cm³/mol. The summed E-state index contributed by atoms with van der Waals surface area (Å²) in [6.07, 6.45) is 0. The SMILES string of the molecule is CC(C)[C@H]1COC(c2ccccc2OCc2ccccc2COc2ccccc2C2=N[C@@H](C(C)C)CO2)=N1. The van der Waals surface area contributed by atoms with Crippen LogP contribution in [0.4, 0.5) is 0 Å². The first-order valence-electron chi connectivity index (χ1n) is 13.4. The lowest BCUT2D eigenvalue weighted by Crippen LogP contribution is -2.13. The molecule has 38 heavy (non-hydrogen) atoms. The van der Waals surface area contributed by atoms with Gasteiger partial charge in [0, 0.05) is 0 Å². The normalized spacial score (nSPS) is 18.7. The van der Waals surface area contributed by atoms with E-state index in [0.29, 0.717) is 50.1 Å². The number of hydrogen-bond donors (Lipinski definition) is 0. The second-order valence-corrected chi connectivity index (χ2v) is 10.5. The molecule has 0 aromatic heterocycles. The zero-order valence-corrected chi connectivity index (χ0v) is 22.6. The van der Waals surface area contributed by atoms with Gasteiger partial charge in [-0.15, -0.1) is 0 Å². The van der Waals surface area contributed by atoms with Crippen molar-refractivity contribution in [2.45, 2.75) is 53.0 Å². The minimum Gasteiger partial charge on any atom is -0.488 e. The molecule has 198 valence electrons. The number of rotatable bonds is 10. The summed E-state index contributed by atoms with van der Waals surface area (Å²) in [5, 5.41) is 0. The van der Waals surface area contributed by atoms with Crippen molar-refractivity contribution in [1.82, 2.24) is 0 Å². The number of hydrogen-bond acceptors (Lipinski definition) is 6. The highest BCUT2D eigenvalue weighted by Gasteiger charge is 2.26. The van der Waals surface area contributed by atoms with Crippen molar-refractivity contribution in [3.8, 4) is 11.5 Å². The lowest BCUT2D eigenvalue weighted by atomic mass is 10.1. The summed E-state index contributed by atoms with van der Waals surface area (Å²) in [7, 11) is 0. The van der Waals surface area contributed by atoms with Gasteiger partial charge in [-0.2, -0.15) is 0 Å². The van der Waals surface area contributed by atoms with Crippen LogP contribution in [0.1, 0.15) is 49.9 Å². The molecule has 0 unspecified atom stereocenters.